The van der Waals surface area contributed by atoms with Crippen LogP contribution < -0.4 is 21.3 Å². The molecule has 1 aromatic heterocycles. The lowest BCUT2D eigenvalue weighted by atomic mass is 9.94. The third-order valence-corrected chi connectivity index (χ3v) is 5.65. The summed E-state index contributed by atoms with van der Waals surface area (Å²) in [5, 5.41) is 13.0. The number of nitrogens with one attached hydrogen (secondary N) is 4. The number of carbonyl (C=O) groups is 2. The molecule has 2 aromatic rings. The zero-order valence-electron chi connectivity index (χ0n) is 19.1. The van der Waals surface area contributed by atoms with Crippen molar-refractivity contribution in [2.24, 2.45) is 5.92 Å². The Morgan fingerprint density at radius 1 is 0.970 bits per heavy atom. The molecular weight excluding hydrogens is 440 g/mol. The summed E-state index contributed by atoms with van der Waals surface area (Å²) >= 11 is 6.02. The number of allylic oxidation sites excluding steroid dienone is 2. The smallest absolute Gasteiger partial charge is 0.223 e. The Hall–Kier alpha value is -3.13. The lowest BCUT2D eigenvalue weighted by molar-refractivity contribution is -0.125. The molecule has 1 aliphatic rings. The minimum absolute atomic E-state index is 0.0618. The molecule has 2 amide bonds. The zero-order valence-corrected chi connectivity index (χ0v) is 19.8. The summed E-state index contributed by atoms with van der Waals surface area (Å²) in [5.74, 6) is 2.01. The van der Waals surface area contributed by atoms with Crippen molar-refractivity contribution in [1.82, 2.24) is 20.6 Å². The Bertz CT molecular complexity index is 993. The van der Waals surface area contributed by atoms with Gasteiger partial charge < -0.3 is 21.3 Å². The summed E-state index contributed by atoms with van der Waals surface area (Å²) in [6.45, 7) is 5.48. The van der Waals surface area contributed by atoms with E-state index >= 15 is 0 Å². The summed E-state index contributed by atoms with van der Waals surface area (Å²) in [7, 11) is 0. The van der Waals surface area contributed by atoms with Crippen molar-refractivity contribution in [3.05, 3.63) is 47.0 Å². The number of aromatic nitrogens is 2. The molecule has 9 heteroatoms. The van der Waals surface area contributed by atoms with Gasteiger partial charge in [0.25, 0.3) is 0 Å². The number of halogens is 1. The van der Waals surface area contributed by atoms with Crippen molar-refractivity contribution in [2.75, 3.05) is 36.8 Å². The molecule has 1 heterocycles. The van der Waals surface area contributed by atoms with Crippen molar-refractivity contribution in [2.45, 2.75) is 33.1 Å². The predicted octanol–water partition coefficient (Wildman–Crippen LogP) is 3.54. The van der Waals surface area contributed by atoms with Gasteiger partial charge in [-0.05, 0) is 50.5 Å². The number of rotatable bonds is 10. The van der Waals surface area contributed by atoms with Gasteiger partial charge in [-0.15, -0.1) is 0 Å². The summed E-state index contributed by atoms with van der Waals surface area (Å²) in [5.41, 5.74) is 1.70. The molecule has 0 saturated carbocycles. The highest BCUT2D eigenvalue weighted by Crippen LogP contribution is 2.26. The van der Waals surface area contributed by atoms with Crippen LogP contribution in [0.2, 0.25) is 5.02 Å². The van der Waals surface area contributed by atoms with Gasteiger partial charge in [-0.1, -0.05) is 23.8 Å². The normalized spacial score (nSPS) is 15.1. The Morgan fingerprint density at radius 3 is 2.18 bits per heavy atom. The van der Waals surface area contributed by atoms with Gasteiger partial charge in [-0.3, -0.25) is 9.59 Å². The molecule has 4 N–H and O–H groups in total. The minimum Gasteiger partial charge on any atom is -0.368 e. The number of amides is 2. The van der Waals surface area contributed by atoms with Crippen molar-refractivity contribution in [1.29, 1.82) is 0 Å². The predicted molar refractivity (Wildman–Crippen MR) is 132 cm³/mol. The molecule has 0 saturated heterocycles. The van der Waals surface area contributed by atoms with Crippen molar-refractivity contribution in [3.63, 3.8) is 0 Å². The topological polar surface area (TPSA) is 108 Å². The van der Waals surface area contributed by atoms with Gasteiger partial charge in [0, 0.05) is 55.2 Å². The average molecular weight is 471 g/mol. The highest BCUT2D eigenvalue weighted by Gasteiger charge is 2.18. The molecule has 1 unspecified atom stereocenters. The average Bonchev–Trinajstić information content (AvgIpc) is 2.82. The maximum Gasteiger partial charge on any atom is 0.223 e. The second-order valence-corrected chi connectivity index (χ2v) is 8.42. The molecule has 1 aliphatic carbocycles. The summed E-state index contributed by atoms with van der Waals surface area (Å²) in [6, 6.07) is 7.34. The fraction of sp³-hybridized carbons (Fsp3) is 0.417. The number of nitrogens with zero attached hydrogens (tertiary/aromatic N) is 2. The van der Waals surface area contributed by atoms with Crippen LogP contribution >= 0.6 is 11.6 Å². The third kappa shape index (κ3) is 7.46. The number of anilines is 2. The molecule has 0 radical (unpaired) electrons. The molecule has 3 rings (SSSR count). The van der Waals surface area contributed by atoms with Gasteiger partial charge >= 0.3 is 0 Å². The number of hydrogen-bond donors (Lipinski definition) is 4. The summed E-state index contributed by atoms with van der Waals surface area (Å²) < 4.78 is 0. The van der Waals surface area contributed by atoms with Crippen molar-refractivity contribution >= 4 is 35.1 Å². The summed E-state index contributed by atoms with van der Waals surface area (Å²) in [6.07, 6.45) is 6.88. The second kappa shape index (κ2) is 12.2. The highest BCUT2D eigenvalue weighted by atomic mass is 35.5. The van der Waals surface area contributed by atoms with E-state index in [1.165, 1.54) is 6.92 Å². The van der Waals surface area contributed by atoms with E-state index in [9.17, 15) is 9.59 Å². The lowest BCUT2D eigenvalue weighted by Gasteiger charge is -2.18. The number of benzene rings is 1. The Balaban J connectivity index is 1.67. The summed E-state index contributed by atoms with van der Waals surface area (Å²) in [4.78, 5) is 32.8. The second-order valence-electron chi connectivity index (χ2n) is 7.99. The first-order valence-electron chi connectivity index (χ1n) is 11.2. The van der Waals surface area contributed by atoms with Gasteiger partial charge in [-0.2, -0.15) is 0 Å². The van der Waals surface area contributed by atoms with Crippen molar-refractivity contribution < 1.29 is 9.59 Å². The van der Waals surface area contributed by atoms with Crippen LogP contribution in [0.1, 0.15) is 31.7 Å². The highest BCUT2D eigenvalue weighted by molar-refractivity contribution is 6.30. The zero-order chi connectivity index (χ0) is 23.6. The Labute approximate surface area is 199 Å². The monoisotopic (exact) mass is 470 g/mol. The van der Waals surface area contributed by atoms with E-state index in [-0.39, 0.29) is 17.7 Å². The van der Waals surface area contributed by atoms with Crippen LogP contribution in [0.15, 0.2) is 36.4 Å². The minimum atomic E-state index is -0.0771. The maximum absolute atomic E-state index is 12.3. The Kier molecular flexibility index (Phi) is 9.06. The lowest BCUT2D eigenvalue weighted by Crippen LogP contribution is -2.34. The maximum atomic E-state index is 12.3. The molecule has 176 valence electrons. The van der Waals surface area contributed by atoms with E-state index in [0.29, 0.717) is 48.7 Å². The first kappa shape index (κ1) is 24.5. The fourth-order valence-electron chi connectivity index (χ4n) is 3.55. The van der Waals surface area contributed by atoms with Crippen LogP contribution in [0.25, 0.3) is 11.4 Å². The largest absolute Gasteiger partial charge is 0.368 e. The fourth-order valence-corrected chi connectivity index (χ4v) is 3.68. The van der Waals surface area contributed by atoms with E-state index in [0.717, 1.165) is 30.4 Å². The molecule has 8 nitrogen and oxygen atoms in total. The SMILES string of the molecule is CC(=O)NCCNc1nc(-c2ccc(Cl)cc2)nc(NCCNC(=O)C2CC=CCC2)c1C. The van der Waals surface area contributed by atoms with Gasteiger partial charge in [0.1, 0.15) is 11.6 Å². The van der Waals surface area contributed by atoms with Crippen LogP contribution in [-0.2, 0) is 9.59 Å². The Morgan fingerprint density at radius 2 is 1.61 bits per heavy atom. The first-order valence-corrected chi connectivity index (χ1v) is 11.6. The molecule has 1 atom stereocenters. The molecule has 33 heavy (non-hydrogen) atoms. The number of carbonyl (C=O) groups excluding carboxylic acids is 2. The van der Waals surface area contributed by atoms with E-state index in [1.54, 1.807) is 12.1 Å². The van der Waals surface area contributed by atoms with E-state index < -0.39 is 0 Å². The molecular formula is C24H31ClN6O2. The van der Waals surface area contributed by atoms with E-state index in [1.807, 2.05) is 19.1 Å². The van der Waals surface area contributed by atoms with Crippen LogP contribution in [0.4, 0.5) is 11.6 Å². The molecule has 1 aromatic carbocycles. The molecule has 0 bridgehead atoms. The van der Waals surface area contributed by atoms with Gasteiger partial charge in [0.15, 0.2) is 5.82 Å². The molecule has 0 fully saturated rings. The molecule has 0 spiro atoms. The van der Waals surface area contributed by atoms with Crippen molar-refractivity contribution in [3.8, 4) is 11.4 Å². The number of hydrogen-bond acceptors (Lipinski definition) is 6. The molecule has 0 aliphatic heterocycles. The van der Waals surface area contributed by atoms with Crippen LogP contribution in [0, 0.1) is 12.8 Å². The van der Waals surface area contributed by atoms with Crippen LogP contribution in [0.3, 0.4) is 0 Å². The standard InChI is InChI=1S/C24H31ClN6O2/c1-16-21(27-13-12-26-17(2)32)30-23(18-8-10-20(25)11-9-18)31-22(16)28-14-15-29-24(33)19-6-4-3-5-7-19/h3-4,8-11,19H,5-7,12-15H2,1-2H3,(H,26,32)(H,29,33)(H2,27,28,30,31). The van der Waals surface area contributed by atoms with E-state index in [2.05, 4.69) is 38.4 Å². The van der Waals surface area contributed by atoms with Gasteiger partial charge in [0.2, 0.25) is 11.8 Å². The first-order chi connectivity index (χ1) is 15.9. The quantitative estimate of drug-likeness (QED) is 0.312. The van der Waals surface area contributed by atoms with Crippen LogP contribution in [0.5, 0.6) is 0 Å². The van der Waals surface area contributed by atoms with Crippen LogP contribution in [-0.4, -0.2) is 48.0 Å². The van der Waals surface area contributed by atoms with Gasteiger partial charge in [0.05, 0.1) is 0 Å². The van der Waals surface area contributed by atoms with E-state index in [4.69, 9.17) is 16.6 Å². The third-order valence-electron chi connectivity index (χ3n) is 5.40. The van der Waals surface area contributed by atoms with Gasteiger partial charge in [-0.25, -0.2) is 9.97 Å².